The van der Waals surface area contributed by atoms with Crippen LogP contribution in [-0.4, -0.2) is 30.9 Å². The van der Waals surface area contributed by atoms with Crippen molar-refractivity contribution in [3.05, 3.63) is 35.4 Å². The number of hydrogen-bond acceptors (Lipinski definition) is 3. The molecule has 1 aliphatic carbocycles. The Balaban J connectivity index is 1.86. The summed E-state index contributed by atoms with van der Waals surface area (Å²) in [7, 11) is 2.12. The van der Waals surface area contributed by atoms with Crippen molar-refractivity contribution in [1.82, 2.24) is 10.2 Å². The Kier molecular flexibility index (Phi) is 7.25. The second-order valence-electron chi connectivity index (χ2n) is 7.37. The van der Waals surface area contributed by atoms with Crippen molar-refractivity contribution >= 4 is 5.91 Å². The summed E-state index contributed by atoms with van der Waals surface area (Å²) in [4.78, 5) is 14.7. The highest BCUT2D eigenvalue weighted by Gasteiger charge is 2.32. The van der Waals surface area contributed by atoms with E-state index in [4.69, 9.17) is 5.73 Å². The lowest BCUT2D eigenvalue weighted by Gasteiger charge is -2.35. The molecule has 1 aromatic rings. The molecule has 0 aliphatic heterocycles. The fourth-order valence-electron chi connectivity index (χ4n) is 3.62. The molecular weight excluding hydrogens is 298 g/mol. The molecule has 0 spiro atoms. The molecular formula is C20H33N3O. The van der Waals surface area contributed by atoms with Crippen molar-refractivity contribution < 1.29 is 4.79 Å². The maximum Gasteiger partial charge on any atom is 0.220 e. The highest BCUT2D eigenvalue weighted by Crippen LogP contribution is 2.38. The molecule has 0 atom stereocenters. The molecule has 4 nitrogen and oxygen atoms in total. The van der Waals surface area contributed by atoms with E-state index >= 15 is 0 Å². The molecule has 0 aromatic heterocycles. The van der Waals surface area contributed by atoms with Gasteiger partial charge in [-0.05, 0) is 49.5 Å². The molecule has 0 unspecified atom stereocenters. The van der Waals surface area contributed by atoms with Crippen molar-refractivity contribution in [2.45, 2.75) is 58.5 Å². The van der Waals surface area contributed by atoms with Crippen LogP contribution in [0.25, 0.3) is 0 Å². The first-order valence-corrected chi connectivity index (χ1v) is 9.30. The Bertz CT molecular complexity index is 523. The molecule has 1 amide bonds. The third-order valence-electron chi connectivity index (χ3n) is 5.36. The fraction of sp³-hybridized carbons (Fsp3) is 0.650. The number of amides is 1. The molecule has 3 N–H and O–H groups in total. The quantitative estimate of drug-likeness (QED) is 0.770. The van der Waals surface area contributed by atoms with E-state index in [1.165, 1.54) is 24.8 Å². The summed E-state index contributed by atoms with van der Waals surface area (Å²) in [6, 6.07) is 8.48. The van der Waals surface area contributed by atoms with Gasteiger partial charge in [-0.3, -0.25) is 4.79 Å². The van der Waals surface area contributed by atoms with Crippen LogP contribution in [0, 0.1) is 5.41 Å². The van der Waals surface area contributed by atoms with Crippen LogP contribution in [0.4, 0.5) is 0 Å². The summed E-state index contributed by atoms with van der Waals surface area (Å²) in [6.45, 7) is 5.35. The molecule has 1 saturated carbocycles. The van der Waals surface area contributed by atoms with E-state index in [9.17, 15) is 4.79 Å². The fourth-order valence-corrected chi connectivity index (χ4v) is 3.62. The smallest absolute Gasteiger partial charge is 0.220 e. The van der Waals surface area contributed by atoms with Gasteiger partial charge in [-0.2, -0.15) is 0 Å². The summed E-state index contributed by atoms with van der Waals surface area (Å²) < 4.78 is 0. The van der Waals surface area contributed by atoms with Gasteiger partial charge in [-0.1, -0.05) is 50.5 Å². The van der Waals surface area contributed by atoms with Gasteiger partial charge in [0.2, 0.25) is 5.91 Å². The van der Waals surface area contributed by atoms with Crippen molar-refractivity contribution in [3.63, 3.8) is 0 Å². The number of nitrogens with one attached hydrogen (secondary N) is 1. The molecule has 24 heavy (non-hydrogen) atoms. The highest BCUT2D eigenvalue weighted by molar-refractivity contribution is 5.76. The minimum absolute atomic E-state index is 0.0357. The van der Waals surface area contributed by atoms with Gasteiger partial charge in [0.05, 0.1) is 0 Å². The minimum Gasteiger partial charge on any atom is -0.352 e. The van der Waals surface area contributed by atoms with Crippen LogP contribution < -0.4 is 11.1 Å². The summed E-state index contributed by atoms with van der Waals surface area (Å²) in [6.07, 6.45) is 6.45. The number of nitrogens with two attached hydrogens (primary N) is 1. The van der Waals surface area contributed by atoms with Gasteiger partial charge < -0.3 is 16.0 Å². The number of benzene rings is 1. The third kappa shape index (κ3) is 5.60. The van der Waals surface area contributed by atoms with E-state index in [0.717, 1.165) is 31.5 Å². The van der Waals surface area contributed by atoms with Crippen molar-refractivity contribution in [1.29, 1.82) is 0 Å². The van der Waals surface area contributed by atoms with Gasteiger partial charge in [0.25, 0.3) is 0 Å². The summed E-state index contributed by atoms with van der Waals surface area (Å²) in [5.74, 6) is 0.137. The first-order valence-electron chi connectivity index (χ1n) is 9.30. The van der Waals surface area contributed by atoms with Crippen molar-refractivity contribution in [2.24, 2.45) is 11.1 Å². The molecule has 1 fully saturated rings. The zero-order valence-corrected chi connectivity index (χ0v) is 15.3. The first kappa shape index (κ1) is 18.9. The lowest BCUT2D eigenvalue weighted by atomic mass is 9.71. The molecule has 2 rings (SSSR count). The summed E-state index contributed by atoms with van der Waals surface area (Å²) in [5.41, 5.74) is 8.48. The minimum atomic E-state index is 0.0357. The number of carbonyl (C=O) groups excluding carboxylic acids is 1. The number of rotatable bonds is 8. The molecule has 1 aliphatic rings. The Morgan fingerprint density at radius 1 is 1.25 bits per heavy atom. The van der Waals surface area contributed by atoms with E-state index in [1.807, 2.05) is 0 Å². The molecule has 0 heterocycles. The lowest BCUT2D eigenvalue weighted by molar-refractivity contribution is -0.124. The van der Waals surface area contributed by atoms with Gasteiger partial charge in [0.1, 0.15) is 0 Å². The topological polar surface area (TPSA) is 58.4 Å². The summed E-state index contributed by atoms with van der Waals surface area (Å²) in [5, 5.41) is 3.09. The van der Waals surface area contributed by atoms with Crippen molar-refractivity contribution in [2.75, 3.05) is 20.1 Å². The molecule has 1 aromatic carbocycles. The zero-order chi connectivity index (χ0) is 17.4. The SMILES string of the molecule is CCN(C)Cc1cccc(CNC(=O)CC2(CN)CCCCC2)c1. The van der Waals surface area contributed by atoms with Crippen molar-refractivity contribution in [3.8, 4) is 0 Å². The maximum atomic E-state index is 12.4. The predicted molar refractivity (Wildman–Crippen MR) is 99.5 cm³/mol. The first-order chi connectivity index (χ1) is 11.6. The van der Waals surface area contributed by atoms with E-state index < -0.39 is 0 Å². The van der Waals surface area contributed by atoms with Crippen LogP contribution in [0.5, 0.6) is 0 Å². The van der Waals surface area contributed by atoms with Gasteiger partial charge in [0, 0.05) is 19.5 Å². The largest absolute Gasteiger partial charge is 0.352 e. The third-order valence-corrected chi connectivity index (χ3v) is 5.36. The molecule has 134 valence electrons. The normalized spacial score (nSPS) is 17.0. The Morgan fingerprint density at radius 3 is 2.62 bits per heavy atom. The standard InChI is InChI=1S/C20H33N3O/c1-3-23(2)15-18-9-7-8-17(12-18)14-22-19(24)13-20(16-21)10-5-4-6-11-20/h7-9,12H,3-6,10-11,13-16,21H2,1-2H3,(H,22,24). The van der Waals surface area contributed by atoms with Crippen LogP contribution in [0.2, 0.25) is 0 Å². The average molecular weight is 332 g/mol. The molecule has 0 saturated heterocycles. The van der Waals surface area contributed by atoms with Crippen LogP contribution in [0.1, 0.15) is 56.6 Å². The van der Waals surface area contributed by atoms with Crippen LogP contribution in [-0.2, 0) is 17.9 Å². The molecule has 4 heteroatoms. The van der Waals surface area contributed by atoms with Crippen LogP contribution in [0.3, 0.4) is 0 Å². The average Bonchev–Trinajstić information content (AvgIpc) is 2.61. The predicted octanol–water partition coefficient (Wildman–Crippen LogP) is 3.05. The van der Waals surface area contributed by atoms with E-state index in [0.29, 0.717) is 19.5 Å². The number of hydrogen-bond donors (Lipinski definition) is 2. The second kappa shape index (κ2) is 9.19. The Labute approximate surface area is 146 Å². The van der Waals surface area contributed by atoms with Crippen LogP contribution >= 0.6 is 0 Å². The van der Waals surface area contributed by atoms with E-state index in [-0.39, 0.29) is 11.3 Å². The Morgan fingerprint density at radius 2 is 1.96 bits per heavy atom. The van der Waals surface area contributed by atoms with Gasteiger partial charge in [-0.25, -0.2) is 0 Å². The second-order valence-corrected chi connectivity index (χ2v) is 7.37. The highest BCUT2D eigenvalue weighted by atomic mass is 16.1. The van der Waals surface area contributed by atoms with E-state index in [1.54, 1.807) is 0 Å². The maximum absolute atomic E-state index is 12.4. The number of nitrogens with zero attached hydrogens (tertiary/aromatic N) is 1. The van der Waals surface area contributed by atoms with E-state index in [2.05, 4.69) is 48.5 Å². The lowest BCUT2D eigenvalue weighted by Crippen LogP contribution is -2.38. The Hall–Kier alpha value is -1.39. The van der Waals surface area contributed by atoms with Crippen LogP contribution in [0.15, 0.2) is 24.3 Å². The number of carbonyl (C=O) groups is 1. The monoisotopic (exact) mass is 331 g/mol. The molecule has 0 bridgehead atoms. The zero-order valence-electron chi connectivity index (χ0n) is 15.3. The van der Waals surface area contributed by atoms with Gasteiger partial charge >= 0.3 is 0 Å². The van der Waals surface area contributed by atoms with Gasteiger partial charge in [0.15, 0.2) is 0 Å². The molecule has 0 radical (unpaired) electrons. The summed E-state index contributed by atoms with van der Waals surface area (Å²) >= 11 is 0. The van der Waals surface area contributed by atoms with Gasteiger partial charge in [-0.15, -0.1) is 0 Å².